The lowest BCUT2D eigenvalue weighted by molar-refractivity contribution is 0.112. The third kappa shape index (κ3) is 5.87. The average Bonchev–Trinajstić information content (AvgIpc) is 3.12. The van der Waals surface area contributed by atoms with Crippen LogP contribution in [0.5, 0.6) is 11.5 Å². The van der Waals surface area contributed by atoms with Gasteiger partial charge in [-0.15, -0.1) is 0 Å². The van der Waals surface area contributed by atoms with Gasteiger partial charge in [0, 0.05) is 47.8 Å². The monoisotopic (exact) mass is 571 g/mol. The zero-order valence-electron chi connectivity index (χ0n) is 25.2. The number of hydrogen-bond donors (Lipinski definition) is 1. The highest BCUT2D eigenvalue weighted by Crippen LogP contribution is 2.48. The lowest BCUT2D eigenvalue weighted by Gasteiger charge is -2.41. The van der Waals surface area contributed by atoms with Crippen LogP contribution < -0.4 is 14.8 Å². The summed E-state index contributed by atoms with van der Waals surface area (Å²) in [6.45, 7) is 13.0. The van der Waals surface area contributed by atoms with Crippen molar-refractivity contribution in [2.75, 3.05) is 33.9 Å². The number of allylic oxidation sites excluding steroid dienone is 6. The van der Waals surface area contributed by atoms with E-state index in [-0.39, 0.29) is 17.5 Å². The van der Waals surface area contributed by atoms with Crippen LogP contribution in [0, 0.1) is 0 Å². The molecule has 9 nitrogen and oxygen atoms in total. The fourth-order valence-corrected chi connectivity index (χ4v) is 6.09. The zero-order valence-corrected chi connectivity index (χ0v) is 25.2. The number of nitrogens with one attached hydrogen (secondary N) is 1. The van der Waals surface area contributed by atoms with Crippen molar-refractivity contribution < 1.29 is 19.1 Å². The van der Waals surface area contributed by atoms with E-state index < -0.39 is 0 Å². The van der Waals surface area contributed by atoms with Crippen LogP contribution in [0.1, 0.15) is 66.8 Å². The molecule has 3 aliphatic rings. The maximum atomic E-state index is 13.4. The third-order valence-electron chi connectivity index (χ3n) is 8.10. The molecule has 1 spiro atoms. The number of urea groups is 1. The smallest absolute Gasteiger partial charge is 0.325 e. The Kier molecular flexibility index (Phi) is 9.96. The third-order valence-corrected chi connectivity index (χ3v) is 8.10. The molecule has 42 heavy (non-hydrogen) atoms. The number of ether oxygens (including phenoxy) is 2. The number of aldehydes is 1. The fraction of sp³-hybridized carbons (Fsp3) is 0.394. The van der Waals surface area contributed by atoms with Gasteiger partial charge in [-0.05, 0) is 51.4 Å². The molecule has 1 N–H and O–H groups in total. The molecule has 2 aromatic rings. The Balaban J connectivity index is 0.000000230. The average molecular weight is 572 g/mol. The Morgan fingerprint density at radius 3 is 2.48 bits per heavy atom. The molecule has 0 radical (unpaired) electrons. The SMILES string of the molecule is C=C/C(=C\C=C/C)c1ncc(C=O)cn1.CCN1C(=O)N2Cc3cc(OC)cc(OC)c3[C@@H](C)C=C2C12CCNCC2. The molecule has 2 amide bonds. The van der Waals surface area contributed by atoms with Gasteiger partial charge in [0.2, 0.25) is 0 Å². The number of piperidine rings is 1. The maximum Gasteiger partial charge on any atom is 0.325 e. The molecule has 4 heterocycles. The molecule has 0 bridgehead atoms. The summed E-state index contributed by atoms with van der Waals surface area (Å²) in [5, 5.41) is 3.45. The van der Waals surface area contributed by atoms with Gasteiger partial charge in [-0.3, -0.25) is 9.69 Å². The first-order valence-electron chi connectivity index (χ1n) is 14.4. The standard InChI is InChI=1S/C21H29N3O3.C12H12N2O/c1-5-24-20(25)23-13-15-11-16(26-3)12-17(27-4)19(15)14(2)10-18(23)21(24)6-8-22-9-7-21;1-3-5-6-11(4-2)12-13-7-10(9-15)8-14-12/h10-12,14,22H,5-9,13H2,1-4H3;3-9H,2H2,1H3/b;5-3-,11-6+/t14-;/m0./s1. The van der Waals surface area contributed by atoms with Gasteiger partial charge in [0.25, 0.3) is 0 Å². The quantitative estimate of drug-likeness (QED) is 0.345. The number of carbonyl (C=O) groups excluding carboxylic acids is 2. The summed E-state index contributed by atoms with van der Waals surface area (Å²) in [4.78, 5) is 35.9. The summed E-state index contributed by atoms with van der Waals surface area (Å²) >= 11 is 0. The van der Waals surface area contributed by atoms with Crippen LogP contribution in [0.4, 0.5) is 4.79 Å². The molecule has 1 atom stereocenters. The molecule has 2 saturated heterocycles. The Morgan fingerprint density at radius 2 is 1.90 bits per heavy atom. The van der Waals surface area contributed by atoms with Crippen LogP contribution in [-0.2, 0) is 6.54 Å². The lowest BCUT2D eigenvalue weighted by atomic mass is 9.82. The highest BCUT2D eigenvalue weighted by Gasteiger charge is 2.54. The minimum Gasteiger partial charge on any atom is -0.497 e. The number of likely N-dealkylation sites (N-methyl/N-ethyl adjacent to an activating group) is 1. The van der Waals surface area contributed by atoms with Crippen molar-refractivity contribution in [1.82, 2.24) is 25.1 Å². The molecule has 0 aliphatic carbocycles. The number of nitrogens with zero attached hydrogens (tertiary/aromatic N) is 4. The van der Waals surface area contributed by atoms with Gasteiger partial charge in [0.05, 0.1) is 31.9 Å². The molecule has 1 aromatic carbocycles. The minimum atomic E-state index is -0.190. The van der Waals surface area contributed by atoms with Crippen LogP contribution in [0.25, 0.3) is 5.57 Å². The topological polar surface area (TPSA) is 96.9 Å². The molecule has 0 unspecified atom stereocenters. The van der Waals surface area contributed by atoms with Gasteiger partial charge in [-0.1, -0.05) is 43.9 Å². The highest BCUT2D eigenvalue weighted by molar-refractivity contribution is 5.83. The Bertz CT molecular complexity index is 1390. The Morgan fingerprint density at radius 1 is 1.19 bits per heavy atom. The second kappa shape index (κ2) is 13.6. The Labute approximate surface area is 248 Å². The van der Waals surface area contributed by atoms with Crippen molar-refractivity contribution in [3.63, 3.8) is 0 Å². The van der Waals surface area contributed by atoms with Crippen molar-refractivity contribution >= 4 is 17.9 Å². The van der Waals surface area contributed by atoms with Gasteiger partial charge in [0.15, 0.2) is 12.1 Å². The number of amides is 2. The minimum absolute atomic E-state index is 0.118. The van der Waals surface area contributed by atoms with E-state index in [1.165, 1.54) is 18.1 Å². The summed E-state index contributed by atoms with van der Waals surface area (Å²) in [6.07, 6.45) is 15.2. The number of carbonyl (C=O) groups is 2. The van der Waals surface area contributed by atoms with Crippen LogP contribution in [0.3, 0.4) is 0 Å². The van der Waals surface area contributed by atoms with Crippen LogP contribution >= 0.6 is 0 Å². The molecule has 0 saturated carbocycles. The van der Waals surface area contributed by atoms with Gasteiger partial charge in [0.1, 0.15) is 11.5 Å². The molecular weight excluding hydrogens is 530 g/mol. The fourth-order valence-electron chi connectivity index (χ4n) is 6.09. The molecule has 2 fully saturated rings. The van der Waals surface area contributed by atoms with E-state index in [1.54, 1.807) is 20.3 Å². The molecule has 5 rings (SSSR count). The maximum absolute atomic E-state index is 13.4. The Hall–Kier alpha value is -4.24. The van der Waals surface area contributed by atoms with E-state index in [0.29, 0.717) is 24.2 Å². The van der Waals surface area contributed by atoms with E-state index >= 15 is 0 Å². The first kappa shape index (κ1) is 30.7. The van der Waals surface area contributed by atoms with Gasteiger partial charge in [-0.2, -0.15) is 0 Å². The van der Waals surface area contributed by atoms with E-state index in [9.17, 15) is 9.59 Å². The van der Waals surface area contributed by atoms with Crippen LogP contribution in [0.2, 0.25) is 0 Å². The van der Waals surface area contributed by atoms with Gasteiger partial charge in [-0.25, -0.2) is 14.8 Å². The number of fused-ring (bicyclic) bond motifs is 3. The summed E-state index contributed by atoms with van der Waals surface area (Å²) in [7, 11) is 3.36. The van der Waals surface area contributed by atoms with E-state index in [1.807, 2.05) is 42.2 Å². The summed E-state index contributed by atoms with van der Waals surface area (Å²) in [5.74, 6) is 2.32. The van der Waals surface area contributed by atoms with E-state index in [4.69, 9.17) is 9.47 Å². The predicted octanol–water partition coefficient (Wildman–Crippen LogP) is 5.52. The van der Waals surface area contributed by atoms with Crippen LogP contribution in [0.15, 0.2) is 67.2 Å². The second-order valence-electron chi connectivity index (χ2n) is 10.4. The van der Waals surface area contributed by atoms with Gasteiger partial charge < -0.3 is 19.7 Å². The van der Waals surface area contributed by atoms with Crippen molar-refractivity contribution in [1.29, 1.82) is 0 Å². The number of aromatic nitrogens is 2. The predicted molar refractivity (Wildman–Crippen MR) is 165 cm³/mol. The zero-order chi connectivity index (χ0) is 30.3. The number of methoxy groups -OCH3 is 2. The lowest BCUT2D eigenvalue weighted by Crippen LogP contribution is -2.52. The number of hydrogen-bond acceptors (Lipinski definition) is 7. The number of rotatable bonds is 7. The molecule has 222 valence electrons. The van der Waals surface area contributed by atoms with E-state index in [0.717, 1.165) is 60.7 Å². The van der Waals surface area contributed by atoms with Crippen molar-refractivity contribution in [3.05, 3.63) is 89.7 Å². The van der Waals surface area contributed by atoms with Crippen molar-refractivity contribution in [3.8, 4) is 11.5 Å². The molecule has 9 heteroatoms. The molecular formula is C33H41N5O4. The molecule has 1 aromatic heterocycles. The van der Waals surface area contributed by atoms with Crippen molar-refractivity contribution in [2.45, 2.75) is 51.6 Å². The van der Waals surface area contributed by atoms with Crippen molar-refractivity contribution in [2.24, 2.45) is 0 Å². The first-order valence-corrected chi connectivity index (χ1v) is 14.4. The highest BCUT2D eigenvalue weighted by atomic mass is 16.5. The van der Waals surface area contributed by atoms with Gasteiger partial charge >= 0.3 is 6.03 Å². The van der Waals surface area contributed by atoms with E-state index in [2.05, 4.69) is 46.7 Å². The number of benzene rings is 1. The summed E-state index contributed by atoms with van der Waals surface area (Å²) in [6, 6.07) is 4.10. The molecule has 3 aliphatic heterocycles. The largest absolute Gasteiger partial charge is 0.497 e. The first-order chi connectivity index (χ1) is 20.4. The van der Waals surface area contributed by atoms with Crippen LogP contribution in [-0.4, -0.2) is 71.5 Å². The normalized spacial score (nSPS) is 19.4. The second-order valence-corrected chi connectivity index (χ2v) is 10.4. The summed E-state index contributed by atoms with van der Waals surface area (Å²) in [5.41, 5.74) is 4.52. The summed E-state index contributed by atoms with van der Waals surface area (Å²) < 4.78 is 11.1.